The largest absolute Gasteiger partial charge is 0.481 e. The van der Waals surface area contributed by atoms with E-state index < -0.39 is 0 Å². The molecular formula is C14H25ClN4O. The molecule has 20 heavy (non-hydrogen) atoms. The van der Waals surface area contributed by atoms with Crippen LogP contribution in [0, 0.1) is 12.3 Å². The third-order valence-electron chi connectivity index (χ3n) is 4.71. The van der Waals surface area contributed by atoms with E-state index in [4.69, 9.17) is 4.74 Å². The van der Waals surface area contributed by atoms with Crippen LogP contribution in [0.1, 0.15) is 24.1 Å². The van der Waals surface area contributed by atoms with Gasteiger partial charge in [0.2, 0.25) is 5.88 Å². The van der Waals surface area contributed by atoms with E-state index in [1.165, 1.54) is 44.6 Å². The summed E-state index contributed by atoms with van der Waals surface area (Å²) in [6, 6.07) is 0. The summed E-state index contributed by atoms with van der Waals surface area (Å²) in [4.78, 5) is 2.56. The van der Waals surface area contributed by atoms with Crippen molar-refractivity contribution in [3.63, 3.8) is 0 Å². The highest BCUT2D eigenvalue weighted by molar-refractivity contribution is 5.85. The van der Waals surface area contributed by atoms with Gasteiger partial charge in [-0.25, -0.2) is 4.68 Å². The van der Waals surface area contributed by atoms with Crippen LogP contribution < -0.4 is 10.1 Å². The molecule has 2 aliphatic rings. The first-order valence-corrected chi connectivity index (χ1v) is 7.13. The highest BCUT2D eigenvalue weighted by Gasteiger charge is 2.40. The number of likely N-dealkylation sites (tertiary alicyclic amines) is 1. The Bertz CT molecular complexity index is 468. The van der Waals surface area contributed by atoms with Gasteiger partial charge in [0.15, 0.2) is 0 Å². The average molecular weight is 301 g/mol. The quantitative estimate of drug-likeness (QED) is 0.915. The van der Waals surface area contributed by atoms with Crippen LogP contribution in [0.2, 0.25) is 0 Å². The van der Waals surface area contributed by atoms with Crippen molar-refractivity contribution in [3.8, 4) is 5.88 Å². The van der Waals surface area contributed by atoms with E-state index in [9.17, 15) is 0 Å². The van der Waals surface area contributed by atoms with Gasteiger partial charge >= 0.3 is 0 Å². The summed E-state index contributed by atoms with van der Waals surface area (Å²) in [6.07, 6.45) is 2.65. The van der Waals surface area contributed by atoms with E-state index in [0.717, 1.165) is 18.1 Å². The first kappa shape index (κ1) is 15.6. The molecule has 1 spiro atoms. The Labute approximate surface area is 127 Å². The Balaban J connectivity index is 0.00000147. The maximum Gasteiger partial charge on any atom is 0.216 e. The topological polar surface area (TPSA) is 42.3 Å². The first-order chi connectivity index (χ1) is 9.13. The zero-order chi connectivity index (χ0) is 13.5. The second-order valence-corrected chi connectivity index (χ2v) is 6.08. The summed E-state index contributed by atoms with van der Waals surface area (Å²) in [5.74, 6) is 0.906. The van der Waals surface area contributed by atoms with E-state index in [0.29, 0.717) is 5.41 Å². The monoisotopic (exact) mass is 300 g/mol. The van der Waals surface area contributed by atoms with Crippen LogP contribution in [0.5, 0.6) is 5.88 Å². The normalized spacial score (nSPS) is 26.1. The third-order valence-corrected chi connectivity index (χ3v) is 4.71. The second kappa shape index (κ2) is 5.92. The Morgan fingerprint density at radius 1 is 1.40 bits per heavy atom. The Hall–Kier alpha value is -0.780. The number of aryl methyl sites for hydroxylation is 2. The molecule has 0 bridgehead atoms. The van der Waals surface area contributed by atoms with Gasteiger partial charge in [-0.2, -0.15) is 5.10 Å². The number of halogens is 1. The standard InChI is InChI=1S/C14H24N4O.ClH/c1-11-12(13(19-3)17(2)16-11)8-18-7-5-14(10-18)4-6-15-9-14;/h15H,4-10H2,1-3H3;1H. The summed E-state index contributed by atoms with van der Waals surface area (Å²) in [6.45, 7) is 7.80. The Morgan fingerprint density at radius 2 is 2.20 bits per heavy atom. The van der Waals surface area contributed by atoms with Gasteiger partial charge in [0, 0.05) is 26.7 Å². The number of nitrogens with one attached hydrogen (secondary N) is 1. The van der Waals surface area contributed by atoms with Crippen molar-refractivity contribution in [2.75, 3.05) is 33.3 Å². The fourth-order valence-corrected chi connectivity index (χ4v) is 3.65. The van der Waals surface area contributed by atoms with Crippen LogP contribution in [0.15, 0.2) is 0 Å². The van der Waals surface area contributed by atoms with Gasteiger partial charge in [0.1, 0.15) is 0 Å². The van der Waals surface area contributed by atoms with Crippen molar-refractivity contribution >= 4 is 12.4 Å². The number of ether oxygens (including phenoxy) is 1. The zero-order valence-corrected chi connectivity index (χ0v) is 13.4. The fraction of sp³-hybridized carbons (Fsp3) is 0.786. The number of hydrogen-bond donors (Lipinski definition) is 1. The molecule has 0 amide bonds. The molecule has 0 aromatic carbocycles. The Morgan fingerprint density at radius 3 is 2.85 bits per heavy atom. The lowest BCUT2D eigenvalue weighted by Crippen LogP contribution is -2.29. The lowest BCUT2D eigenvalue weighted by Gasteiger charge is -2.22. The molecule has 1 unspecified atom stereocenters. The molecule has 2 aliphatic heterocycles. The number of aromatic nitrogens is 2. The average Bonchev–Trinajstić information content (AvgIpc) is 3.05. The molecule has 2 saturated heterocycles. The molecule has 0 radical (unpaired) electrons. The van der Waals surface area contributed by atoms with Crippen molar-refractivity contribution in [2.24, 2.45) is 12.5 Å². The first-order valence-electron chi connectivity index (χ1n) is 7.13. The van der Waals surface area contributed by atoms with Crippen molar-refractivity contribution in [3.05, 3.63) is 11.3 Å². The molecule has 6 heteroatoms. The molecule has 114 valence electrons. The maximum atomic E-state index is 5.49. The lowest BCUT2D eigenvalue weighted by atomic mass is 9.86. The molecule has 3 heterocycles. The van der Waals surface area contributed by atoms with Gasteiger partial charge in [-0.1, -0.05) is 0 Å². The number of hydrogen-bond acceptors (Lipinski definition) is 4. The molecule has 1 aromatic heterocycles. The summed E-state index contributed by atoms with van der Waals surface area (Å²) in [5, 5.41) is 7.98. The third kappa shape index (κ3) is 2.67. The molecule has 0 aliphatic carbocycles. The lowest BCUT2D eigenvalue weighted by molar-refractivity contribution is 0.263. The van der Waals surface area contributed by atoms with Crippen LogP contribution in [0.4, 0.5) is 0 Å². The summed E-state index contributed by atoms with van der Waals surface area (Å²) in [5.41, 5.74) is 2.86. The predicted octanol–water partition coefficient (Wildman–Crippen LogP) is 1.34. The van der Waals surface area contributed by atoms with Crippen LogP contribution in [0.3, 0.4) is 0 Å². The van der Waals surface area contributed by atoms with Crippen molar-refractivity contribution in [2.45, 2.75) is 26.3 Å². The van der Waals surface area contributed by atoms with E-state index in [1.807, 2.05) is 11.7 Å². The van der Waals surface area contributed by atoms with Crippen molar-refractivity contribution in [1.82, 2.24) is 20.0 Å². The molecule has 5 nitrogen and oxygen atoms in total. The number of rotatable bonds is 3. The van der Waals surface area contributed by atoms with E-state index in [1.54, 1.807) is 7.11 Å². The predicted molar refractivity (Wildman–Crippen MR) is 81.6 cm³/mol. The highest BCUT2D eigenvalue weighted by atomic mass is 35.5. The molecule has 3 rings (SSSR count). The van der Waals surface area contributed by atoms with E-state index in [2.05, 4.69) is 22.2 Å². The summed E-state index contributed by atoms with van der Waals surface area (Å²) < 4.78 is 7.33. The summed E-state index contributed by atoms with van der Waals surface area (Å²) >= 11 is 0. The maximum absolute atomic E-state index is 5.49. The zero-order valence-electron chi connectivity index (χ0n) is 12.6. The van der Waals surface area contributed by atoms with Gasteiger partial charge in [-0.3, -0.25) is 4.90 Å². The molecule has 2 fully saturated rings. The van der Waals surface area contributed by atoms with E-state index in [-0.39, 0.29) is 12.4 Å². The minimum absolute atomic E-state index is 0. The van der Waals surface area contributed by atoms with Crippen molar-refractivity contribution in [1.29, 1.82) is 0 Å². The van der Waals surface area contributed by atoms with Crippen LogP contribution >= 0.6 is 12.4 Å². The van der Waals surface area contributed by atoms with Gasteiger partial charge in [-0.15, -0.1) is 12.4 Å². The minimum Gasteiger partial charge on any atom is -0.481 e. The summed E-state index contributed by atoms with van der Waals surface area (Å²) in [7, 11) is 3.67. The molecule has 1 atom stereocenters. The number of nitrogens with zero attached hydrogens (tertiary/aromatic N) is 3. The van der Waals surface area contributed by atoms with Crippen molar-refractivity contribution < 1.29 is 4.74 Å². The fourth-order valence-electron chi connectivity index (χ4n) is 3.65. The van der Waals surface area contributed by atoms with Gasteiger partial charge in [0.05, 0.1) is 18.4 Å². The second-order valence-electron chi connectivity index (χ2n) is 6.08. The van der Waals surface area contributed by atoms with Crippen LogP contribution in [0.25, 0.3) is 0 Å². The molecule has 1 aromatic rings. The molecular weight excluding hydrogens is 276 g/mol. The highest BCUT2D eigenvalue weighted by Crippen LogP contribution is 2.37. The Kier molecular flexibility index (Phi) is 4.62. The minimum atomic E-state index is 0. The van der Waals surface area contributed by atoms with Gasteiger partial charge in [0.25, 0.3) is 0 Å². The number of methoxy groups -OCH3 is 1. The van der Waals surface area contributed by atoms with E-state index >= 15 is 0 Å². The van der Waals surface area contributed by atoms with Gasteiger partial charge < -0.3 is 10.1 Å². The molecule has 1 N–H and O–H groups in total. The smallest absolute Gasteiger partial charge is 0.216 e. The van der Waals surface area contributed by atoms with Gasteiger partial charge in [-0.05, 0) is 38.3 Å². The van der Waals surface area contributed by atoms with Crippen LogP contribution in [-0.4, -0.2) is 48.0 Å². The van der Waals surface area contributed by atoms with Crippen LogP contribution in [-0.2, 0) is 13.6 Å². The molecule has 0 saturated carbocycles. The SMILES string of the molecule is COc1c(CN2CCC3(CCNC3)C2)c(C)nn1C.Cl.